The van der Waals surface area contributed by atoms with Crippen LogP contribution in [0.25, 0.3) is 0 Å². The number of aliphatic carboxylic acids is 1. The quantitative estimate of drug-likeness (QED) is 0.828. The van der Waals surface area contributed by atoms with Gasteiger partial charge in [-0.2, -0.15) is 0 Å². The van der Waals surface area contributed by atoms with Crippen LogP contribution in [0.1, 0.15) is 28.8 Å². The van der Waals surface area contributed by atoms with Gasteiger partial charge in [-0.05, 0) is 19.1 Å². The van der Waals surface area contributed by atoms with Crippen molar-refractivity contribution in [3.05, 3.63) is 23.3 Å². The zero-order valence-electron chi connectivity index (χ0n) is 10.3. The lowest BCUT2D eigenvalue weighted by Gasteiger charge is -2.16. The van der Waals surface area contributed by atoms with Gasteiger partial charge in [-0.3, -0.25) is 4.79 Å². The van der Waals surface area contributed by atoms with Gasteiger partial charge >= 0.3 is 11.9 Å². The molecule has 0 bridgehead atoms. The zero-order valence-corrected chi connectivity index (χ0v) is 10.3. The Morgan fingerprint density at radius 2 is 1.78 bits per heavy atom. The van der Waals surface area contributed by atoms with E-state index in [1.54, 1.807) is 0 Å². The molecule has 0 saturated heterocycles. The number of carbonyl (C=O) groups is 2. The smallest absolute Gasteiger partial charge is 0.335 e. The summed E-state index contributed by atoms with van der Waals surface area (Å²) < 4.78 is 10.1. The zero-order chi connectivity index (χ0) is 13.9. The number of methoxy groups -OCH3 is 2. The predicted octanol–water partition coefficient (Wildman–Crippen LogP) is 1.59. The highest BCUT2D eigenvalue weighted by Crippen LogP contribution is 2.37. The number of hydrogen-bond acceptors (Lipinski definition) is 4. The van der Waals surface area contributed by atoms with Crippen LogP contribution in [0, 0.1) is 0 Å². The molecule has 0 spiro atoms. The van der Waals surface area contributed by atoms with Gasteiger partial charge in [0.15, 0.2) is 11.5 Å². The largest absolute Gasteiger partial charge is 0.493 e. The van der Waals surface area contributed by atoms with Gasteiger partial charge < -0.3 is 19.7 Å². The maximum atomic E-state index is 11.0. The number of carboxylic acids is 2. The van der Waals surface area contributed by atoms with E-state index in [4.69, 9.17) is 19.7 Å². The average molecular weight is 254 g/mol. The SMILES string of the molecule is COc1cc(C(=O)O)cc(C(C)C(=O)O)c1OC. The lowest BCUT2D eigenvalue weighted by molar-refractivity contribution is -0.138. The Balaban J connectivity index is 3.49. The van der Waals surface area contributed by atoms with E-state index in [-0.39, 0.29) is 22.6 Å². The molecule has 1 aromatic rings. The molecule has 1 rings (SSSR count). The van der Waals surface area contributed by atoms with Crippen molar-refractivity contribution in [3.63, 3.8) is 0 Å². The Bertz CT molecular complexity index is 480. The van der Waals surface area contributed by atoms with Gasteiger partial charge in [-0.1, -0.05) is 0 Å². The molecular formula is C12H14O6. The molecule has 18 heavy (non-hydrogen) atoms. The van der Waals surface area contributed by atoms with Gasteiger partial charge in [0.25, 0.3) is 0 Å². The Labute approximate surface area is 104 Å². The minimum atomic E-state index is -1.16. The molecule has 98 valence electrons. The molecule has 0 amide bonds. The van der Waals surface area contributed by atoms with Crippen LogP contribution in [0.5, 0.6) is 11.5 Å². The molecule has 1 atom stereocenters. The highest BCUT2D eigenvalue weighted by atomic mass is 16.5. The first kappa shape index (κ1) is 13.8. The minimum Gasteiger partial charge on any atom is -0.493 e. The van der Waals surface area contributed by atoms with Gasteiger partial charge in [-0.15, -0.1) is 0 Å². The molecule has 0 aliphatic rings. The highest BCUT2D eigenvalue weighted by molar-refractivity contribution is 5.90. The van der Waals surface area contributed by atoms with Gasteiger partial charge in [0, 0.05) is 5.56 Å². The van der Waals surface area contributed by atoms with E-state index in [9.17, 15) is 9.59 Å². The van der Waals surface area contributed by atoms with Crippen LogP contribution in [0.2, 0.25) is 0 Å². The Morgan fingerprint density at radius 3 is 2.17 bits per heavy atom. The summed E-state index contributed by atoms with van der Waals surface area (Å²) in [7, 11) is 2.73. The van der Waals surface area contributed by atoms with Crippen molar-refractivity contribution in [2.24, 2.45) is 0 Å². The van der Waals surface area contributed by atoms with E-state index < -0.39 is 17.9 Å². The highest BCUT2D eigenvalue weighted by Gasteiger charge is 2.23. The monoisotopic (exact) mass is 254 g/mol. The molecule has 6 heteroatoms. The summed E-state index contributed by atoms with van der Waals surface area (Å²) in [5, 5.41) is 18.0. The van der Waals surface area contributed by atoms with Gasteiger partial charge in [0.2, 0.25) is 0 Å². The second-order valence-corrected chi connectivity index (χ2v) is 3.67. The normalized spacial score (nSPS) is 11.7. The first-order chi connectivity index (χ1) is 8.42. The van der Waals surface area contributed by atoms with Gasteiger partial charge in [0.1, 0.15) is 0 Å². The molecule has 0 saturated carbocycles. The van der Waals surface area contributed by atoms with E-state index in [0.29, 0.717) is 0 Å². The maximum Gasteiger partial charge on any atom is 0.335 e. The number of ether oxygens (including phenoxy) is 2. The van der Waals surface area contributed by atoms with Crippen LogP contribution in [-0.2, 0) is 4.79 Å². The van der Waals surface area contributed by atoms with E-state index >= 15 is 0 Å². The van der Waals surface area contributed by atoms with Crippen molar-refractivity contribution in [1.82, 2.24) is 0 Å². The second-order valence-electron chi connectivity index (χ2n) is 3.67. The fourth-order valence-corrected chi connectivity index (χ4v) is 1.57. The summed E-state index contributed by atoms with van der Waals surface area (Å²) in [4.78, 5) is 22.0. The van der Waals surface area contributed by atoms with Gasteiger partial charge in [-0.25, -0.2) is 4.79 Å². The van der Waals surface area contributed by atoms with Crippen LogP contribution in [0.3, 0.4) is 0 Å². The van der Waals surface area contributed by atoms with E-state index in [2.05, 4.69) is 0 Å². The number of carboxylic acid groups (broad SMARTS) is 2. The van der Waals surface area contributed by atoms with E-state index in [0.717, 1.165) is 0 Å². The molecule has 0 aliphatic heterocycles. The van der Waals surface area contributed by atoms with E-state index in [1.807, 2.05) is 0 Å². The molecule has 2 N–H and O–H groups in total. The van der Waals surface area contributed by atoms with Crippen LogP contribution in [-0.4, -0.2) is 36.4 Å². The lowest BCUT2D eigenvalue weighted by Crippen LogP contribution is -2.11. The second kappa shape index (κ2) is 5.39. The predicted molar refractivity (Wildman–Crippen MR) is 62.6 cm³/mol. The number of aromatic carboxylic acids is 1. The summed E-state index contributed by atoms with van der Waals surface area (Å²) in [5.74, 6) is -2.70. The maximum absolute atomic E-state index is 11.0. The van der Waals surface area contributed by atoms with Crippen molar-refractivity contribution in [1.29, 1.82) is 0 Å². The van der Waals surface area contributed by atoms with Crippen molar-refractivity contribution in [2.75, 3.05) is 14.2 Å². The summed E-state index contributed by atoms with van der Waals surface area (Å²) in [5.41, 5.74) is 0.220. The molecule has 0 radical (unpaired) electrons. The van der Waals surface area contributed by atoms with Crippen LogP contribution < -0.4 is 9.47 Å². The third-order valence-electron chi connectivity index (χ3n) is 2.59. The summed E-state index contributed by atoms with van der Waals surface area (Å²) in [6.07, 6.45) is 0. The Hall–Kier alpha value is -2.24. The summed E-state index contributed by atoms with van der Waals surface area (Å²) in [6, 6.07) is 2.57. The first-order valence-corrected chi connectivity index (χ1v) is 5.14. The lowest BCUT2D eigenvalue weighted by atomic mass is 9.97. The Morgan fingerprint density at radius 1 is 1.17 bits per heavy atom. The fraction of sp³-hybridized carbons (Fsp3) is 0.333. The van der Waals surface area contributed by atoms with Crippen molar-refractivity contribution in [2.45, 2.75) is 12.8 Å². The van der Waals surface area contributed by atoms with Gasteiger partial charge in [0.05, 0.1) is 25.7 Å². The van der Waals surface area contributed by atoms with Crippen LogP contribution in [0.15, 0.2) is 12.1 Å². The Kier molecular flexibility index (Phi) is 4.14. The standard InChI is InChI=1S/C12H14O6/c1-6(11(13)14)8-4-7(12(15)16)5-9(17-2)10(8)18-3/h4-6H,1-3H3,(H,13,14)(H,15,16). The molecule has 0 fully saturated rings. The van der Waals surface area contributed by atoms with E-state index in [1.165, 1.54) is 33.3 Å². The van der Waals surface area contributed by atoms with Crippen molar-refractivity contribution < 1.29 is 29.3 Å². The third kappa shape index (κ3) is 2.53. The minimum absolute atomic E-state index is 0.0456. The molecular weight excluding hydrogens is 240 g/mol. The molecule has 1 unspecified atom stereocenters. The number of benzene rings is 1. The average Bonchev–Trinajstić information content (AvgIpc) is 2.35. The number of hydrogen-bond donors (Lipinski definition) is 2. The topological polar surface area (TPSA) is 93.1 Å². The molecule has 0 aliphatic carbocycles. The van der Waals surface area contributed by atoms with Crippen molar-refractivity contribution >= 4 is 11.9 Å². The number of rotatable bonds is 5. The molecule has 0 heterocycles. The summed E-state index contributed by atoms with van der Waals surface area (Å²) >= 11 is 0. The molecule has 6 nitrogen and oxygen atoms in total. The first-order valence-electron chi connectivity index (χ1n) is 5.14. The summed E-state index contributed by atoms with van der Waals surface area (Å²) in [6.45, 7) is 1.45. The van der Waals surface area contributed by atoms with Crippen LogP contribution >= 0.6 is 0 Å². The third-order valence-corrected chi connectivity index (χ3v) is 2.59. The van der Waals surface area contributed by atoms with Crippen LogP contribution in [0.4, 0.5) is 0 Å². The molecule has 0 aromatic heterocycles. The molecule has 1 aromatic carbocycles. The fourth-order valence-electron chi connectivity index (χ4n) is 1.57. The van der Waals surface area contributed by atoms with Crippen molar-refractivity contribution in [3.8, 4) is 11.5 Å².